The number of nitrogens with one attached hydrogen (secondary N) is 2. The van der Waals surface area contributed by atoms with Crippen molar-refractivity contribution in [1.82, 2.24) is 15.5 Å². The van der Waals surface area contributed by atoms with Crippen LogP contribution in [-0.2, 0) is 0 Å². The molecule has 0 aliphatic carbocycles. The predicted molar refractivity (Wildman–Crippen MR) is 82.6 cm³/mol. The summed E-state index contributed by atoms with van der Waals surface area (Å²) in [4.78, 5) is 0. The maximum Gasteiger partial charge on any atom is 0.315 e. The molecule has 0 saturated heterocycles. The molecule has 1 aromatic heterocycles. The van der Waals surface area contributed by atoms with E-state index in [2.05, 4.69) is 55.8 Å². The lowest BCUT2D eigenvalue weighted by atomic mass is 10.1. The number of aromatic nitrogens is 2. The minimum absolute atomic E-state index is 0.0611. The fourth-order valence-electron chi connectivity index (χ4n) is 1.88. The number of rotatable bonds is 6. The van der Waals surface area contributed by atoms with Crippen LogP contribution in [-0.4, -0.2) is 16.7 Å². The van der Waals surface area contributed by atoms with E-state index in [1.54, 1.807) is 0 Å². The molecule has 20 heavy (non-hydrogen) atoms. The molecule has 0 aliphatic rings. The van der Waals surface area contributed by atoms with E-state index in [0.29, 0.717) is 11.9 Å². The van der Waals surface area contributed by atoms with E-state index in [0.717, 1.165) is 16.6 Å². The van der Waals surface area contributed by atoms with Crippen LogP contribution >= 0.6 is 15.9 Å². The molecule has 0 bridgehead atoms. The Balaban J connectivity index is 2.01. The number of benzene rings is 1. The van der Waals surface area contributed by atoms with Gasteiger partial charge in [0.25, 0.3) is 0 Å². The Labute approximate surface area is 127 Å². The van der Waals surface area contributed by atoms with Gasteiger partial charge in [-0.3, -0.25) is 0 Å². The van der Waals surface area contributed by atoms with E-state index in [4.69, 9.17) is 4.42 Å². The molecule has 1 aromatic carbocycles. The largest absolute Gasteiger partial charge is 0.406 e. The van der Waals surface area contributed by atoms with Crippen LogP contribution in [0.25, 0.3) is 0 Å². The summed E-state index contributed by atoms with van der Waals surface area (Å²) in [6.45, 7) is 6.96. The molecular weight excluding hydrogens is 320 g/mol. The van der Waals surface area contributed by atoms with Crippen LogP contribution < -0.4 is 10.6 Å². The number of anilines is 1. The second kappa shape index (κ2) is 6.85. The van der Waals surface area contributed by atoms with Crippen LogP contribution in [0.2, 0.25) is 0 Å². The molecule has 0 saturated carbocycles. The summed E-state index contributed by atoms with van der Waals surface area (Å²) in [7, 11) is 0. The lowest BCUT2D eigenvalue weighted by molar-refractivity contribution is 0.427. The minimum atomic E-state index is 0.0611. The summed E-state index contributed by atoms with van der Waals surface area (Å²) < 4.78 is 6.67. The van der Waals surface area contributed by atoms with Crippen molar-refractivity contribution in [2.45, 2.75) is 32.9 Å². The molecular formula is C14H19BrN4O. The molecule has 2 atom stereocenters. The predicted octanol–water partition coefficient (Wildman–Crippen LogP) is 3.68. The Kier molecular flexibility index (Phi) is 5.14. The summed E-state index contributed by atoms with van der Waals surface area (Å²) in [6.07, 6.45) is 0. The zero-order valence-corrected chi connectivity index (χ0v) is 13.4. The molecule has 5 nitrogen and oxygen atoms in total. The summed E-state index contributed by atoms with van der Waals surface area (Å²) in [5.74, 6) is 0.595. The Hall–Kier alpha value is -1.40. The van der Waals surface area contributed by atoms with Gasteiger partial charge in [0.15, 0.2) is 0 Å². The van der Waals surface area contributed by atoms with Gasteiger partial charge in [-0.1, -0.05) is 40.1 Å². The van der Waals surface area contributed by atoms with Gasteiger partial charge in [0, 0.05) is 4.47 Å². The second-order valence-corrected chi connectivity index (χ2v) is 5.56. The van der Waals surface area contributed by atoms with Crippen LogP contribution in [0.15, 0.2) is 33.2 Å². The maximum atomic E-state index is 5.61. The highest BCUT2D eigenvalue weighted by molar-refractivity contribution is 9.10. The first kappa shape index (κ1) is 15.0. The van der Waals surface area contributed by atoms with E-state index in [1.165, 1.54) is 0 Å². The summed E-state index contributed by atoms with van der Waals surface area (Å²) in [6, 6.07) is 8.75. The average molecular weight is 339 g/mol. The highest BCUT2D eigenvalue weighted by atomic mass is 79.9. The fraction of sp³-hybridized carbons (Fsp3) is 0.429. The first-order valence-electron chi connectivity index (χ1n) is 6.69. The summed E-state index contributed by atoms with van der Waals surface area (Å²) in [5, 5.41) is 14.5. The van der Waals surface area contributed by atoms with Crippen molar-refractivity contribution in [1.29, 1.82) is 0 Å². The Bertz CT molecular complexity index is 540. The first-order valence-corrected chi connectivity index (χ1v) is 7.48. The van der Waals surface area contributed by atoms with Crippen molar-refractivity contribution in [3.8, 4) is 0 Å². The van der Waals surface area contributed by atoms with E-state index in [9.17, 15) is 0 Å². The molecule has 2 aromatic rings. The van der Waals surface area contributed by atoms with Gasteiger partial charge >= 0.3 is 6.01 Å². The summed E-state index contributed by atoms with van der Waals surface area (Å²) in [5.41, 5.74) is 1.16. The van der Waals surface area contributed by atoms with E-state index in [-0.39, 0.29) is 12.1 Å². The topological polar surface area (TPSA) is 63.0 Å². The molecule has 2 unspecified atom stereocenters. The van der Waals surface area contributed by atoms with Gasteiger partial charge in [-0.2, -0.15) is 0 Å². The third kappa shape index (κ3) is 3.80. The van der Waals surface area contributed by atoms with Gasteiger partial charge in [-0.15, -0.1) is 5.10 Å². The number of nitrogens with zero attached hydrogens (tertiary/aromatic N) is 2. The van der Waals surface area contributed by atoms with E-state index in [1.807, 2.05) is 26.0 Å². The monoisotopic (exact) mass is 338 g/mol. The lowest BCUT2D eigenvalue weighted by Crippen LogP contribution is -2.17. The Morgan fingerprint density at radius 2 is 1.85 bits per heavy atom. The van der Waals surface area contributed by atoms with E-state index < -0.39 is 0 Å². The Morgan fingerprint density at radius 1 is 1.15 bits per heavy atom. The number of halogens is 1. The van der Waals surface area contributed by atoms with Crippen molar-refractivity contribution in [3.63, 3.8) is 0 Å². The molecule has 0 aliphatic heterocycles. The molecule has 0 fully saturated rings. The van der Waals surface area contributed by atoms with Crippen LogP contribution in [0.5, 0.6) is 0 Å². The highest BCUT2D eigenvalue weighted by Gasteiger charge is 2.14. The smallest absolute Gasteiger partial charge is 0.315 e. The zero-order valence-electron chi connectivity index (χ0n) is 11.9. The fourth-order valence-corrected chi connectivity index (χ4v) is 2.15. The maximum absolute atomic E-state index is 5.61. The normalized spacial score (nSPS) is 14.0. The van der Waals surface area contributed by atoms with Crippen molar-refractivity contribution >= 4 is 21.9 Å². The first-order chi connectivity index (χ1) is 9.60. The molecule has 0 amide bonds. The van der Waals surface area contributed by atoms with Crippen molar-refractivity contribution < 1.29 is 4.42 Å². The molecule has 0 radical (unpaired) electrons. The van der Waals surface area contributed by atoms with Crippen LogP contribution in [0.3, 0.4) is 0 Å². The van der Waals surface area contributed by atoms with Crippen LogP contribution in [0.1, 0.15) is 44.3 Å². The number of hydrogen-bond acceptors (Lipinski definition) is 5. The molecule has 6 heteroatoms. The van der Waals surface area contributed by atoms with Gasteiger partial charge in [-0.05, 0) is 38.1 Å². The molecule has 0 spiro atoms. The minimum Gasteiger partial charge on any atom is -0.406 e. The van der Waals surface area contributed by atoms with Gasteiger partial charge in [-0.25, -0.2) is 0 Å². The molecule has 1 heterocycles. The molecule has 108 valence electrons. The van der Waals surface area contributed by atoms with Crippen molar-refractivity contribution in [3.05, 3.63) is 40.2 Å². The standard InChI is InChI=1S/C14H19BrN4O/c1-4-16-10(3)13-18-19-14(20-13)17-9(2)11-5-7-12(15)8-6-11/h5-10,16H,4H2,1-3H3,(H,17,19). The average Bonchev–Trinajstić information content (AvgIpc) is 2.88. The van der Waals surface area contributed by atoms with Gasteiger partial charge in [0.05, 0.1) is 12.1 Å². The Morgan fingerprint density at radius 3 is 2.50 bits per heavy atom. The zero-order chi connectivity index (χ0) is 14.5. The van der Waals surface area contributed by atoms with Crippen molar-refractivity contribution in [2.75, 3.05) is 11.9 Å². The third-order valence-electron chi connectivity index (χ3n) is 3.03. The van der Waals surface area contributed by atoms with Gasteiger partial charge < -0.3 is 15.1 Å². The second-order valence-electron chi connectivity index (χ2n) is 4.64. The highest BCUT2D eigenvalue weighted by Crippen LogP contribution is 2.21. The van der Waals surface area contributed by atoms with Crippen molar-refractivity contribution in [2.24, 2.45) is 0 Å². The summed E-state index contributed by atoms with van der Waals surface area (Å²) >= 11 is 3.43. The van der Waals surface area contributed by atoms with Crippen LogP contribution in [0, 0.1) is 0 Å². The third-order valence-corrected chi connectivity index (χ3v) is 3.56. The lowest BCUT2D eigenvalue weighted by Gasteiger charge is -2.12. The SMILES string of the molecule is CCNC(C)c1nnc(NC(C)c2ccc(Br)cc2)o1. The quantitative estimate of drug-likeness (QED) is 0.841. The van der Waals surface area contributed by atoms with Gasteiger partial charge in [0.2, 0.25) is 5.89 Å². The molecule has 2 rings (SSSR count). The van der Waals surface area contributed by atoms with Crippen LogP contribution in [0.4, 0.5) is 6.01 Å². The van der Waals surface area contributed by atoms with Gasteiger partial charge in [0.1, 0.15) is 0 Å². The molecule has 2 N–H and O–H groups in total. The number of hydrogen-bond donors (Lipinski definition) is 2. The van der Waals surface area contributed by atoms with E-state index >= 15 is 0 Å².